The van der Waals surface area contributed by atoms with Crippen molar-refractivity contribution in [2.24, 2.45) is 5.73 Å². The highest BCUT2D eigenvalue weighted by Crippen LogP contribution is 2.25. The number of nitrogens with zero attached hydrogens (tertiary/aromatic N) is 2. The van der Waals surface area contributed by atoms with Crippen molar-refractivity contribution in [3.8, 4) is 5.75 Å². The number of piperazine rings is 1. The fourth-order valence-corrected chi connectivity index (χ4v) is 2.64. The van der Waals surface area contributed by atoms with Crippen LogP contribution in [0, 0.1) is 13.8 Å². The normalized spacial score (nSPS) is 19.9. The summed E-state index contributed by atoms with van der Waals surface area (Å²) in [5.41, 5.74) is 8.43. The number of amides is 1. The van der Waals surface area contributed by atoms with E-state index in [1.54, 1.807) is 7.11 Å². The number of carbonyl (C=O) groups is 1. The van der Waals surface area contributed by atoms with Crippen LogP contribution < -0.4 is 15.8 Å². The zero-order valence-corrected chi connectivity index (χ0v) is 12.3. The van der Waals surface area contributed by atoms with Gasteiger partial charge in [0, 0.05) is 43.5 Å². The first-order valence-corrected chi connectivity index (χ1v) is 6.77. The van der Waals surface area contributed by atoms with Crippen molar-refractivity contribution < 1.29 is 9.53 Å². The predicted molar refractivity (Wildman–Crippen MR) is 76.5 cm³/mol. The lowest BCUT2D eigenvalue weighted by Gasteiger charge is -2.34. The summed E-state index contributed by atoms with van der Waals surface area (Å²) in [4.78, 5) is 18.1. The number of hydrogen-bond donors (Lipinski definition) is 2. The van der Waals surface area contributed by atoms with Gasteiger partial charge in [0.1, 0.15) is 11.8 Å². The highest BCUT2D eigenvalue weighted by atomic mass is 16.5. The second-order valence-electron chi connectivity index (χ2n) is 5.14. The van der Waals surface area contributed by atoms with Crippen molar-refractivity contribution in [1.82, 2.24) is 15.2 Å². The van der Waals surface area contributed by atoms with Crippen LogP contribution in [0.15, 0.2) is 6.20 Å². The van der Waals surface area contributed by atoms with Gasteiger partial charge in [-0.3, -0.25) is 14.7 Å². The molecule has 1 fully saturated rings. The zero-order valence-electron chi connectivity index (χ0n) is 12.3. The summed E-state index contributed by atoms with van der Waals surface area (Å²) in [5, 5.41) is 3.19. The Bertz CT molecular complexity index is 504. The van der Waals surface area contributed by atoms with E-state index in [9.17, 15) is 4.79 Å². The number of pyridine rings is 1. The summed E-state index contributed by atoms with van der Waals surface area (Å²) in [7, 11) is 1.66. The van der Waals surface area contributed by atoms with Gasteiger partial charge >= 0.3 is 0 Å². The number of primary amides is 1. The molecule has 1 aliphatic rings. The van der Waals surface area contributed by atoms with Gasteiger partial charge in [-0.15, -0.1) is 0 Å². The highest BCUT2D eigenvalue weighted by molar-refractivity contribution is 5.80. The molecular formula is C14H22N4O2. The van der Waals surface area contributed by atoms with Crippen molar-refractivity contribution in [1.29, 1.82) is 0 Å². The molecule has 0 aromatic carbocycles. The summed E-state index contributed by atoms with van der Waals surface area (Å²) in [6.45, 7) is 6.81. The van der Waals surface area contributed by atoms with Crippen LogP contribution in [0.3, 0.4) is 0 Å². The van der Waals surface area contributed by atoms with Crippen LogP contribution in [0.1, 0.15) is 16.8 Å². The summed E-state index contributed by atoms with van der Waals surface area (Å²) in [6.07, 6.45) is 1.81. The lowest BCUT2D eigenvalue weighted by molar-refractivity contribution is -0.124. The molecule has 1 saturated heterocycles. The minimum Gasteiger partial charge on any atom is -0.496 e. The van der Waals surface area contributed by atoms with Crippen LogP contribution in [0.25, 0.3) is 0 Å². The third-order valence-electron chi connectivity index (χ3n) is 3.79. The van der Waals surface area contributed by atoms with E-state index < -0.39 is 0 Å². The lowest BCUT2D eigenvalue weighted by atomic mass is 10.1. The molecule has 0 bridgehead atoms. The second kappa shape index (κ2) is 6.19. The molecule has 1 aromatic heterocycles. The minimum atomic E-state index is -0.297. The number of ether oxygens (including phenoxy) is 1. The van der Waals surface area contributed by atoms with Crippen LogP contribution in [0.4, 0.5) is 0 Å². The first-order valence-electron chi connectivity index (χ1n) is 6.77. The van der Waals surface area contributed by atoms with Crippen molar-refractivity contribution >= 4 is 5.91 Å². The van der Waals surface area contributed by atoms with Crippen LogP contribution in [0.5, 0.6) is 5.75 Å². The Morgan fingerprint density at radius 1 is 1.60 bits per heavy atom. The molecular weight excluding hydrogens is 256 g/mol. The standard InChI is InChI=1S/C14H22N4O2/c1-9-6-17-11(10(2)13(9)20-3)8-18-5-4-16-7-12(18)14(15)19/h6,12,16H,4-5,7-8H2,1-3H3,(H2,15,19). The Hall–Kier alpha value is -1.66. The van der Waals surface area contributed by atoms with Crippen molar-refractivity contribution in [2.45, 2.75) is 26.4 Å². The SMILES string of the molecule is COc1c(C)cnc(CN2CCNCC2C(N)=O)c1C. The average Bonchev–Trinajstić information content (AvgIpc) is 2.43. The molecule has 2 heterocycles. The Labute approximate surface area is 119 Å². The molecule has 6 nitrogen and oxygen atoms in total. The summed E-state index contributed by atoms with van der Waals surface area (Å²) >= 11 is 0. The number of nitrogens with two attached hydrogens (primary N) is 1. The highest BCUT2D eigenvalue weighted by Gasteiger charge is 2.27. The van der Waals surface area contributed by atoms with Gasteiger partial charge in [0.05, 0.1) is 12.8 Å². The number of nitrogens with one attached hydrogen (secondary N) is 1. The molecule has 110 valence electrons. The second-order valence-corrected chi connectivity index (χ2v) is 5.14. The van der Waals surface area contributed by atoms with E-state index in [-0.39, 0.29) is 11.9 Å². The number of hydrogen-bond acceptors (Lipinski definition) is 5. The molecule has 1 aliphatic heterocycles. The molecule has 1 aromatic rings. The Kier molecular flexibility index (Phi) is 4.57. The van der Waals surface area contributed by atoms with Gasteiger partial charge in [0.25, 0.3) is 0 Å². The van der Waals surface area contributed by atoms with E-state index in [2.05, 4.69) is 15.2 Å². The number of methoxy groups -OCH3 is 1. The van der Waals surface area contributed by atoms with Crippen LogP contribution in [-0.2, 0) is 11.3 Å². The van der Waals surface area contributed by atoms with E-state index in [0.717, 1.165) is 35.7 Å². The Morgan fingerprint density at radius 3 is 3.00 bits per heavy atom. The first-order chi connectivity index (χ1) is 9.54. The summed E-state index contributed by atoms with van der Waals surface area (Å²) in [5.74, 6) is 0.565. The Morgan fingerprint density at radius 2 is 2.35 bits per heavy atom. The zero-order chi connectivity index (χ0) is 14.7. The van der Waals surface area contributed by atoms with Crippen LogP contribution >= 0.6 is 0 Å². The average molecular weight is 278 g/mol. The van der Waals surface area contributed by atoms with Crippen molar-refractivity contribution in [3.05, 3.63) is 23.0 Å². The number of aryl methyl sites for hydroxylation is 1. The van der Waals surface area contributed by atoms with Crippen molar-refractivity contribution in [2.75, 3.05) is 26.7 Å². The largest absolute Gasteiger partial charge is 0.496 e. The van der Waals surface area contributed by atoms with Gasteiger partial charge in [-0.1, -0.05) is 0 Å². The van der Waals surface area contributed by atoms with Gasteiger partial charge in [-0.05, 0) is 13.8 Å². The fourth-order valence-electron chi connectivity index (χ4n) is 2.64. The maximum Gasteiger partial charge on any atom is 0.236 e. The van der Waals surface area contributed by atoms with Gasteiger partial charge in [0.2, 0.25) is 5.91 Å². The van der Waals surface area contributed by atoms with Crippen LogP contribution in [-0.4, -0.2) is 48.6 Å². The molecule has 2 rings (SSSR count). The van der Waals surface area contributed by atoms with E-state index >= 15 is 0 Å². The third kappa shape index (κ3) is 2.91. The van der Waals surface area contributed by atoms with E-state index in [0.29, 0.717) is 13.1 Å². The maximum atomic E-state index is 11.5. The molecule has 3 N–H and O–H groups in total. The van der Waals surface area contributed by atoms with Gasteiger partial charge in [0.15, 0.2) is 0 Å². The van der Waals surface area contributed by atoms with E-state index in [1.165, 1.54) is 0 Å². The van der Waals surface area contributed by atoms with Gasteiger partial charge < -0.3 is 15.8 Å². The molecule has 1 amide bonds. The van der Waals surface area contributed by atoms with Crippen LogP contribution in [0.2, 0.25) is 0 Å². The smallest absolute Gasteiger partial charge is 0.236 e. The molecule has 6 heteroatoms. The molecule has 1 atom stereocenters. The topological polar surface area (TPSA) is 80.5 Å². The molecule has 0 aliphatic carbocycles. The van der Waals surface area contributed by atoms with Gasteiger partial charge in [-0.25, -0.2) is 0 Å². The lowest BCUT2D eigenvalue weighted by Crippen LogP contribution is -2.56. The van der Waals surface area contributed by atoms with E-state index in [1.807, 2.05) is 20.0 Å². The monoisotopic (exact) mass is 278 g/mol. The molecule has 0 radical (unpaired) electrons. The van der Waals surface area contributed by atoms with Crippen molar-refractivity contribution in [3.63, 3.8) is 0 Å². The molecule has 0 saturated carbocycles. The maximum absolute atomic E-state index is 11.5. The quantitative estimate of drug-likeness (QED) is 0.808. The molecule has 1 unspecified atom stereocenters. The summed E-state index contributed by atoms with van der Waals surface area (Å²) < 4.78 is 5.42. The minimum absolute atomic E-state index is 0.280. The third-order valence-corrected chi connectivity index (χ3v) is 3.79. The Balaban J connectivity index is 2.22. The number of rotatable bonds is 4. The fraction of sp³-hybridized carbons (Fsp3) is 0.571. The molecule has 0 spiro atoms. The van der Waals surface area contributed by atoms with E-state index in [4.69, 9.17) is 10.5 Å². The number of carbonyl (C=O) groups excluding carboxylic acids is 1. The molecule has 20 heavy (non-hydrogen) atoms. The number of aromatic nitrogens is 1. The predicted octanol–water partition coefficient (Wildman–Crippen LogP) is -0.0339. The first kappa shape index (κ1) is 14.7. The summed E-state index contributed by atoms with van der Waals surface area (Å²) in [6, 6.07) is -0.280. The van der Waals surface area contributed by atoms with Gasteiger partial charge in [-0.2, -0.15) is 0 Å².